The standard InChI is InChI=1S/C28H31N7O/c1-20-10-21(4-6-29)12-22(11-20)15-30-7-2-3-9-36-25-18-35(19-25)28-14-24(23-5-8-31-32-16-23)13-27-26(28)17-33-34-27/h5,8,10-14,16-17,25,30H,2-4,7,9,15,18-19H2,1H3,(H,33,34). The van der Waals surface area contributed by atoms with Crippen molar-refractivity contribution < 1.29 is 4.74 Å². The zero-order valence-corrected chi connectivity index (χ0v) is 20.6. The second-order valence-electron chi connectivity index (χ2n) is 9.40. The molecule has 1 aliphatic heterocycles. The quantitative estimate of drug-likeness (QED) is 0.310. The van der Waals surface area contributed by atoms with Gasteiger partial charge in [0.1, 0.15) is 0 Å². The lowest BCUT2D eigenvalue weighted by atomic mass is 10.0. The molecule has 0 aliphatic carbocycles. The van der Waals surface area contributed by atoms with E-state index in [4.69, 9.17) is 10.00 Å². The Morgan fingerprint density at radius 1 is 1.08 bits per heavy atom. The van der Waals surface area contributed by atoms with Gasteiger partial charge in [0.15, 0.2) is 0 Å². The van der Waals surface area contributed by atoms with Gasteiger partial charge in [-0.3, -0.25) is 5.10 Å². The SMILES string of the molecule is Cc1cc(CC#N)cc(CNCCCCOC2CN(c3cc(-c4ccnnc4)cc4[nH]ncc34)C2)c1. The van der Waals surface area contributed by atoms with E-state index in [1.54, 1.807) is 12.4 Å². The summed E-state index contributed by atoms with van der Waals surface area (Å²) < 4.78 is 6.12. The van der Waals surface area contributed by atoms with E-state index >= 15 is 0 Å². The number of hydrogen-bond acceptors (Lipinski definition) is 7. The molecule has 1 aliphatic rings. The minimum absolute atomic E-state index is 0.261. The van der Waals surface area contributed by atoms with Crippen molar-refractivity contribution in [2.45, 2.75) is 38.8 Å². The lowest BCUT2D eigenvalue weighted by molar-refractivity contribution is 0.0324. The number of benzene rings is 2. The molecule has 0 spiro atoms. The van der Waals surface area contributed by atoms with E-state index in [1.807, 2.05) is 12.3 Å². The number of nitriles is 1. The molecule has 1 fully saturated rings. The smallest absolute Gasteiger partial charge is 0.0924 e. The summed E-state index contributed by atoms with van der Waals surface area (Å²) in [7, 11) is 0. The first-order valence-corrected chi connectivity index (χ1v) is 12.5. The third-order valence-corrected chi connectivity index (χ3v) is 6.55. The van der Waals surface area contributed by atoms with Gasteiger partial charge >= 0.3 is 0 Å². The van der Waals surface area contributed by atoms with Crippen LogP contribution in [0.4, 0.5) is 5.69 Å². The van der Waals surface area contributed by atoms with Gasteiger partial charge < -0.3 is 15.0 Å². The van der Waals surface area contributed by atoms with Crippen molar-refractivity contribution in [2.24, 2.45) is 0 Å². The summed E-state index contributed by atoms with van der Waals surface area (Å²) in [4.78, 5) is 2.35. The van der Waals surface area contributed by atoms with E-state index in [2.05, 4.69) is 73.9 Å². The number of rotatable bonds is 11. The van der Waals surface area contributed by atoms with Crippen molar-refractivity contribution in [1.82, 2.24) is 25.7 Å². The number of unbranched alkanes of at least 4 members (excludes halogenated alkanes) is 1. The highest BCUT2D eigenvalue weighted by Gasteiger charge is 2.29. The number of fused-ring (bicyclic) bond motifs is 1. The highest BCUT2D eigenvalue weighted by atomic mass is 16.5. The molecular weight excluding hydrogens is 450 g/mol. The Balaban J connectivity index is 1.04. The van der Waals surface area contributed by atoms with E-state index in [9.17, 15) is 0 Å². The fraction of sp³-hybridized carbons (Fsp3) is 0.357. The van der Waals surface area contributed by atoms with Crippen molar-refractivity contribution in [3.05, 3.63) is 71.7 Å². The number of hydrogen-bond donors (Lipinski definition) is 2. The molecule has 8 heteroatoms. The number of H-pyrrole nitrogens is 1. The predicted molar refractivity (Wildman–Crippen MR) is 141 cm³/mol. The Kier molecular flexibility index (Phi) is 7.50. The summed E-state index contributed by atoms with van der Waals surface area (Å²) in [5, 5.41) is 28.8. The topological polar surface area (TPSA) is 103 Å². The monoisotopic (exact) mass is 481 g/mol. The van der Waals surface area contributed by atoms with Crippen molar-refractivity contribution in [2.75, 3.05) is 31.1 Å². The van der Waals surface area contributed by atoms with Crippen LogP contribution in [0, 0.1) is 18.3 Å². The van der Waals surface area contributed by atoms with Crippen LogP contribution in [0.5, 0.6) is 0 Å². The van der Waals surface area contributed by atoms with Crippen LogP contribution < -0.4 is 10.2 Å². The summed E-state index contributed by atoms with van der Waals surface area (Å²) in [5.74, 6) is 0. The summed E-state index contributed by atoms with van der Waals surface area (Å²) in [5.41, 5.74) is 7.86. The van der Waals surface area contributed by atoms with Crippen LogP contribution >= 0.6 is 0 Å². The van der Waals surface area contributed by atoms with Crippen LogP contribution in [0.25, 0.3) is 22.0 Å². The van der Waals surface area contributed by atoms with Gasteiger partial charge in [0.25, 0.3) is 0 Å². The molecule has 0 amide bonds. The third-order valence-electron chi connectivity index (χ3n) is 6.55. The van der Waals surface area contributed by atoms with Gasteiger partial charge in [-0.1, -0.05) is 23.8 Å². The molecule has 0 unspecified atom stereocenters. The summed E-state index contributed by atoms with van der Waals surface area (Å²) in [6.45, 7) is 6.41. The summed E-state index contributed by atoms with van der Waals surface area (Å²) in [6.07, 6.45) is 8.22. The molecule has 184 valence electrons. The minimum atomic E-state index is 0.261. The van der Waals surface area contributed by atoms with Gasteiger partial charge in [-0.05, 0) is 61.2 Å². The fourth-order valence-electron chi connectivity index (χ4n) is 4.74. The van der Waals surface area contributed by atoms with Gasteiger partial charge in [0, 0.05) is 42.9 Å². The molecule has 2 aromatic carbocycles. The number of ether oxygens (including phenoxy) is 1. The Hall–Kier alpha value is -3.80. The van der Waals surface area contributed by atoms with E-state index in [-0.39, 0.29) is 6.10 Å². The number of nitrogens with zero attached hydrogens (tertiary/aromatic N) is 5. The maximum Gasteiger partial charge on any atom is 0.0924 e. The predicted octanol–water partition coefficient (Wildman–Crippen LogP) is 4.17. The Bertz CT molecular complexity index is 1340. The maximum absolute atomic E-state index is 8.93. The molecule has 0 saturated carbocycles. The molecule has 4 aromatic rings. The molecule has 2 N–H and O–H groups in total. The number of anilines is 1. The van der Waals surface area contributed by atoms with Crippen molar-refractivity contribution in [1.29, 1.82) is 5.26 Å². The van der Waals surface area contributed by atoms with E-state index in [0.29, 0.717) is 6.42 Å². The van der Waals surface area contributed by atoms with Crippen molar-refractivity contribution >= 4 is 16.6 Å². The zero-order chi connectivity index (χ0) is 24.7. The number of nitrogens with one attached hydrogen (secondary N) is 2. The fourth-order valence-corrected chi connectivity index (χ4v) is 4.74. The highest BCUT2D eigenvalue weighted by Crippen LogP contribution is 2.34. The van der Waals surface area contributed by atoms with Crippen LogP contribution in [-0.4, -0.2) is 52.7 Å². The minimum Gasteiger partial charge on any atom is -0.375 e. The second-order valence-corrected chi connectivity index (χ2v) is 9.40. The Morgan fingerprint density at radius 3 is 2.81 bits per heavy atom. The number of aryl methyl sites for hydroxylation is 1. The Morgan fingerprint density at radius 2 is 1.97 bits per heavy atom. The van der Waals surface area contributed by atoms with E-state index < -0.39 is 0 Å². The summed E-state index contributed by atoms with van der Waals surface area (Å²) in [6, 6.07) is 14.9. The molecule has 2 aromatic heterocycles. The first-order valence-electron chi connectivity index (χ1n) is 12.5. The highest BCUT2D eigenvalue weighted by molar-refractivity contribution is 5.96. The molecule has 0 radical (unpaired) electrons. The Labute approximate surface area is 211 Å². The second kappa shape index (κ2) is 11.3. The molecule has 0 bridgehead atoms. The van der Waals surface area contributed by atoms with Crippen LogP contribution in [0.3, 0.4) is 0 Å². The lowest BCUT2D eigenvalue weighted by Crippen LogP contribution is -2.52. The molecule has 1 saturated heterocycles. The van der Waals surface area contributed by atoms with Gasteiger partial charge in [0.05, 0.1) is 42.7 Å². The normalized spacial score (nSPS) is 13.6. The largest absolute Gasteiger partial charge is 0.375 e. The van der Waals surface area contributed by atoms with Crippen molar-refractivity contribution in [3.63, 3.8) is 0 Å². The van der Waals surface area contributed by atoms with Crippen LogP contribution in [0.2, 0.25) is 0 Å². The van der Waals surface area contributed by atoms with Gasteiger partial charge in [-0.2, -0.15) is 20.6 Å². The van der Waals surface area contributed by atoms with Gasteiger partial charge in [0.2, 0.25) is 0 Å². The van der Waals surface area contributed by atoms with Crippen molar-refractivity contribution in [3.8, 4) is 17.2 Å². The molecule has 0 atom stereocenters. The summed E-state index contributed by atoms with van der Waals surface area (Å²) >= 11 is 0. The maximum atomic E-state index is 8.93. The molecule has 8 nitrogen and oxygen atoms in total. The van der Waals surface area contributed by atoms with E-state index in [1.165, 1.54) is 16.8 Å². The van der Waals surface area contributed by atoms with Gasteiger partial charge in [-0.15, -0.1) is 0 Å². The third kappa shape index (κ3) is 5.70. The average Bonchev–Trinajstić information content (AvgIpc) is 3.33. The molecule has 36 heavy (non-hydrogen) atoms. The molecule has 5 rings (SSSR count). The van der Waals surface area contributed by atoms with Gasteiger partial charge in [-0.25, -0.2) is 0 Å². The lowest BCUT2D eigenvalue weighted by Gasteiger charge is -2.41. The van der Waals surface area contributed by atoms with Crippen LogP contribution in [0.1, 0.15) is 29.5 Å². The van der Waals surface area contributed by atoms with Crippen LogP contribution in [0.15, 0.2) is 55.0 Å². The first kappa shape index (κ1) is 23.9. The first-order chi connectivity index (χ1) is 17.7. The molecular formula is C28H31N7O. The van der Waals surface area contributed by atoms with E-state index in [0.717, 1.165) is 73.2 Å². The number of aromatic amines is 1. The molecule has 3 heterocycles. The number of aromatic nitrogens is 4. The van der Waals surface area contributed by atoms with Crippen LogP contribution in [-0.2, 0) is 17.7 Å². The zero-order valence-electron chi connectivity index (χ0n) is 20.6. The average molecular weight is 482 g/mol.